The largest absolute Gasteiger partial charge is 0.387 e. The standard InChI is InChI=1S/C16H16N6O3/c23-7-3-4-12(24)10-22-9-11(18-21-22)8-17-16(25)15-13-5-1-2-6-14(13)19-20-15/h1-7,9,12,24H,8,10H2,(H,17,25)(H,19,20)/b4-3+. The summed E-state index contributed by atoms with van der Waals surface area (Å²) in [5.41, 5.74) is 1.65. The van der Waals surface area contributed by atoms with Crippen molar-refractivity contribution in [3.05, 3.63) is 54.0 Å². The van der Waals surface area contributed by atoms with Gasteiger partial charge in [-0.25, -0.2) is 4.68 Å². The Morgan fingerprint density at radius 3 is 3.08 bits per heavy atom. The molecule has 1 atom stereocenters. The van der Waals surface area contributed by atoms with Crippen LogP contribution in [0.15, 0.2) is 42.6 Å². The van der Waals surface area contributed by atoms with Gasteiger partial charge in [-0.05, 0) is 12.1 Å². The fourth-order valence-corrected chi connectivity index (χ4v) is 2.33. The number of nitrogens with zero attached hydrogens (tertiary/aromatic N) is 4. The molecule has 0 aliphatic carbocycles. The van der Waals surface area contributed by atoms with Gasteiger partial charge in [-0.1, -0.05) is 29.5 Å². The van der Waals surface area contributed by atoms with Gasteiger partial charge >= 0.3 is 0 Å². The number of nitrogens with one attached hydrogen (secondary N) is 2. The van der Waals surface area contributed by atoms with Crippen molar-refractivity contribution in [3.8, 4) is 0 Å². The SMILES string of the molecule is O=C/C=C/C(O)Cn1cc(CNC(=O)c2n[nH]c3ccccc23)nn1. The summed E-state index contributed by atoms with van der Waals surface area (Å²) in [6.07, 6.45) is 3.94. The van der Waals surface area contributed by atoms with Gasteiger partial charge in [0.25, 0.3) is 5.91 Å². The minimum absolute atomic E-state index is 0.162. The summed E-state index contributed by atoms with van der Waals surface area (Å²) in [6.45, 7) is 0.343. The van der Waals surface area contributed by atoms with Crippen molar-refractivity contribution in [2.24, 2.45) is 0 Å². The number of allylic oxidation sites excluding steroid dienone is 1. The summed E-state index contributed by atoms with van der Waals surface area (Å²) in [6, 6.07) is 7.36. The number of rotatable bonds is 7. The first-order chi connectivity index (χ1) is 12.2. The molecular weight excluding hydrogens is 324 g/mol. The van der Waals surface area contributed by atoms with Gasteiger partial charge in [0.2, 0.25) is 0 Å². The maximum Gasteiger partial charge on any atom is 0.272 e. The van der Waals surface area contributed by atoms with E-state index in [1.54, 1.807) is 6.20 Å². The number of carbonyl (C=O) groups excluding carboxylic acids is 2. The van der Waals surface area contributed by atoms with Crippen molar-refractivity contribution in [3.63, 3.8) is 0 Å². The van der Waals surface area contributed by atoms with E-state index >= 15 is 0 Å². The summed E-state index contributed by atoms with van der Waals surface area (Å²) >= 11 is 0. The van der Waals surface area contributed by atoms with E-state index in [2.05, 4.69) is 25.8 Å². The van der Waals surface area contributed by atoms with Gasteiger partial charge in [-0.15, -0.1) is 5.10 Å². The van der Waals surface area contributed by atoms with Crippen LogP contribution in [0.4, 0.5) is 0 Å². The topological polar surface area (TPSA) is 126 Å². The summed E-state index contributed by atoms with van der Waals surface area (Å²) in [7, 11) is 0. The van der Waals surface area contributed by atoms with Crippen molar-refractivity contribution in [2.45, 2.75) is 19.2 Å². The van der Waals surface area contributed by atoms with Crippen LogP contribution in [0.3, 0.4) is 0 Å². The number of para-hydroxylation sites is 1. The van der Waals surface area contributed by atoms with E-state index in [-0.39, 0.29) is 19.0 Å². The number of fused-ring (bicyclic) bond motifs is 1. The maximum atomic E-state index is 12.3. The Kier molecular flexibility index (Phi) is 4.95. The first kappa shape index (κ1) is 16.5. The average molecular weight is 340 g/mol. The molecule has 25 heavy (non-hydrogen) atoms. The molecule has 1 aromatic carbocycles. The van der Waals surface area contributed by atoms with Gasteiger partial charge in [0.1, 0.15) is 12.0 Å². The Hall–Kier alpha value is -3.33. The van der Waals surface area contributed by atoms with Crippen LogP contribution >= 0.6 is 0 Å². The maximum absolute atomic E-state index is 12.3. The molecular formula is C16H16N6O3. The number of hydrogen-bond acceptors (Lipinski definition) is 6. The molecule has 0 saturated carbocycles. The summed E-state index contributed by atoms with van der Waals surface area (Å²) in [5.74, 6) is -0.319. The van der Waals surface area contributed by atoms with Crippen molar-refractivity contribution in [1.82, 2.24) is 30.5 Å². The zero-order valence-electron chi connectivity index (χ0n) is 13.2. The van der Waals surface area contributed by atoms with Crippen LogP contribution in [0.1, 0.15) is 16.2 Å². The summed E-state index contributed by atoms with van der Waals surface area (Å²) in [5, 5.41) is 27.8. The number of carbonyl (C=O) groups is 2. The van der Waals surface area contributed by atoms with Crippen molar-refractivity contribution < 1.29 is 14.7 Å². The van der Waals surface area contributed by atoms with Crippen LogP contribution in [0, 0.1) is 0 Å². The number of hydrogen-bond donors (Lipinski definition) is 3. The third kappa shape index (κ3) is 3.96. The minimum atomic E-state index is -0.843. The monoisotopic (exact) mass is 340 g/mol. The first-order valence-corrected chi connectivity index (χ1v) is 7.57. The molecule has 0 aliphatic rings. The zero-order chi connectivity index (χ0) is 17.6. The smallest absolute Gasteiger partial charge is 0.272 e. The van der Waals surface area contributed by atoms with Gasteiger partial charge in [-0.3, -0.25) is 14.7 Å². The molecule has 128 valence electrons. The molecule has 3 aromatic rings. The van der Waals surface area contributed by atoms with E-state index in [9.17, 15) is 14.7 Å². The lowest BCUT2D eigenvalue weighted by Crippen LogP contribution is -2.23. The Morgan fingerprint density at radius 1 is 1.40 bits per heavy atom. The normalized spacial score (nSPS) is 12.5. The number of aliphatic hydroxyl groups excluding tert-OH is 1. The summed E-state index contributed by atoms with van der Waals surface area (Å²) in [4.78, 5) is 22.5. The van der Waals surface area contributed by atoms with E-state index < -0.39 is 6.10 Å². The highest BCUT2D eigenvalue weighted by Gasteiger charge is 2.14. The highest BCUT2D eigenvalue weighted by Crippen LogP contribution is 2.14. The molecule has 2 heterocycles. The van der Waals surface area contributed by atoms with E-state index in [0.717, 1.165) is 10.9 Å². The molecule has 0 bridgehead atoms. The number of H-pyrrole nitrogens is 1. The van der Waals surface area contributed by atoms with E-state index in [1.165, 1.54) is 16.8 Å². The number of amides is 1. The predicted molar refractivity (Wildman–Crippen MR) is 88.5 cm³/mol. The van der Waals surface area contributed by atoms with Crippen LogP contribution in [0.25, 0.3) is 10.9 Å². The van der Waals surface area contributed by atoms with E-state index in [1.807, 2.05) is 24.3 Å². The van der Waals surface area contributed by atoms with Crippen molar-refractivity contribution >= 4 is 23.1 Å². The third-order valence-corrected chi connectivity index (χ3v) is 3.49. The van der Waals surface area contributed by atoms with Gasteiger partial charge in [0.15, 0.2) is 5.69 Å². The molecule has 2 aromatic heterocycles. The number of benzene rings is 1. The van der Waals surface area contributed by atoms with Crippen LogP contribution < -0.4 is 5.32 Å². The Bertz CT molecular complexity index is 913. The molecule has 0 saturated heterocycles. The predicted octanol–water partition coefficient (Wildman–Crippen LogP) is 0.200. The molecule has 3 N–H and O–H groups in total. The number of aliphatic hydroxyl groups is 1. The van der Waals surface area contributed by atoms with Gasteiger partial charge in [0.05, 0.1) is 30.9 Å². The van der Waals surface area contributed by atoms with Gasteiger partial charge in [-0.2, -0.15) is 5.10 Å². The molecule has 0 radical (unpaired) electrons. The molecule has 9 nitrogen and oxygen atoms in total. The highest BCUT2D eigenvalue weighted by molar-refractivity contribution is 6.04. The Morgan fingerprint density at radius 2 is 2.24 bits per heavy atom. The van der Waals surface area contributed by atoms with Gasteiger partial charge in [0, 0.05) is 5.39 Å². The Labute approximate surface area is 142 Å². The first-order valence-electron chi connectivity index (χ1n) is 7.57. The summed E-state index contributed by atoms with van der Waals surface area (Å²) < 4.78 is 1.44. The molecule has 0 fully saturated rings. The number of aromatic nitrogens is 5. The lowest BCUT2D eigenvalue weighted by atomic mass is 10.2. The molecule has 3 rings (SSSR count). The number of aromatic amines is 1. The fourth-order valence-electron chi connectivity index (χ4n) is 2.33. The van der Waals surface area contributed by atoms with Crippen molar-refractivity contribution in [2.75, 3.05) is 0 Å². The minimum Gasteiger partial charge on any atom is -0.387 e. The lowest BCUT2D eigenvalue weighted by molar-refractivity contribution is -0.104. The van der Waals surface area contributed by atoms with E-state index in [4.69, 9.17) is 0 Å². The van der Waals surface area contributed by atoms with Crippen LogP contribution in [-0.2, 0) is 17.9 Å². The molecule has 1 amide bonds. The molecule has 9 heteroatoms. The zero-order valence-corrected chi connectivity index (χ0v) is 13.2. The molecule has 1 unspecified atom stereocenters. The van der Waals surface area contributed by atoms with Crippen LogP contribution in [-0.4, -0.2) is 48.6 Å². The fraction of sp³-hybridized carbons (Fsp3) is 0.188. The Balaban J connectivity index is 1.59. The van der Waals surface area contributed by atoms with E-state index in [0.29, 0.717) is 17.7 Å². The second kappa shape index (κ2) is 7.49. The number of aldehydes is 1. The second-order valence-corrected chi connectivity index (χ2v) is 5.32. The quantitative estimate of drug-likeness (QED) is 0.417. The van der Waals surface area contributed by atoms with Crippen molar-refractivity contribution in [1.29, 1.82) is 0 Å². The van der Waals surface area contributed by atoms with Crippen LogP contribution in [0.2, 0.25) is 0 Å². The molecule has 0 spiro atoms. The highest BCUT2D eigenvalue weighted by atomic mass is 16.3. The van der Waals surface area contributed by atoms with Gasteiger partial charge < -0.3 is 10.4 Å². The third-order valence-electron chi connectivity index (χ3n) is 3.49. The van der Waals surface area contributed by atoms with Crippen LogP contribution in [0.5, 0.6) is 0 Å². The second-order valence-electron chi connectivity index (χ2n) is 5.32. The lowest BCUT2D eigenvalue weighted by Gasteiger charge is -2.03. The average Bonchev–Trinajstić information content (AvgIpc) is 3.24. The molecule has 0 aliphatic heterocycles.